The molecule has 0 saturated heterocycles. The van der Waals surface area contributed by atoms with Crippen LogP contribution >= 0.6 is 15.9 Å². The van der Waals surface area contributed by atoms with Gasteiger partial charge in [-0.25, -0.2) is 0 Å². The maximum atomic E-state index is 10.7. The summed E-state index contributed by atoms with van der Waals surface area (Å²) < 4.78 is 0.666. The fourth-order valence-electron chi connectivity index (χ4n) is 1.33. The Hall–Kier alpha value is -1.14. The van der Waals surface area contributed by atoms with E-state index in [0.717, 1.165) is 5.69 Å². The van der Waals surface area contributed by atoms with Gasteiger partial charge < -0.3 is 11.1 Å². The zero-order chi connectivity index (χ0) is 13.2. The number of nitro groups is 1. The second-order valence-corrected chi connectivity index (χ2v) is 5.57. The van der Waals surface area contributed by atoms with Crippen LogP contribution in [0.1, 0.15) is 19.4 Å². The molecule has 0 amide bonds. The van der Waals surface area contributed by atoms with Crippen LogP contribution < -0.4 is 11.1 Å². The lowest BCUT2D eigenvalue weighted by Crippen LogP contribution is -2.39. The normalized spacial score (nSPS) is 11.4. The van der Waals surface area contributed by atoms with Crippen molar-refractivity contribution >= 4 is 27.3 Å². The van der Waals surface area contributed by atoms with E-state index in [0.29, 0.717) is 16.6 Å². The van der Waals surface area contributed by atoms with Crippen molar-refractivity contribution in [1.82, 2.24) is 0 Å². The van der Waals surface area contributed by atoms with E-state index in [4.69, 9.17) is 5.73 Å². The number of aryl methyl sites for hydroxylation is 1. The minimum atomic E-state index is -0.392. The molecular weight excluding hydrogens is 286 g/mol. The minimum absolute atomic E-state index is 0.106. The molecule has 0 saturated carbocycles. The number of halogens is 1. The number of benzene rings is 1. The lowest BCUT2D eigenvalue weighted by molar-refractivity contribution is -0.385. The number of nitrogens with zero attached hydrogens (tertiary/aromatic N) is 1. The molecule has 0 atom stereocenters. The molecule has 5 nitrogen and oxygen atoms in total. The summed E-state index contributed by atoms with van der Waals surface area (Å²) in [6, 6.07) is 3.25. The number of nitrogens with two attached hydrogens (primary N) is 1. The molecule has 0 bridgehead atoms. The molecule has 0 fully saturated rings. The standard InChI is InChI=1S/C11H16BrN3O2/c1-7-4-9(14-6-11(2,3)13)8(12)5-10(7)15(16)17/h4-5,14H,6,13H2,1-3H3. The first-order chi connectivity index (χ1) is 7.70. The summed E-state index contributed by atoms with van der Waals surface area (Å²) in [5, 5.41) is 13.9. The number of hydrogen-bond donors (Lipinski definition) is 2. The van der Waals surface area contributed by atoms with Crippen molar-refractivity contribution in [2.75, 3.05) is 11.9 Å². The Kier molecular flexibility index (Phi) is 4.11. The molecule has 1 aromatic rings. The van der Waals surface area contributed by atoms with E-state index in [9.17, 15) is 10.1 Å². The lowest BCUT2D eigenvalue weighted by Gasteiger charge is -2.20. The first-order valence-corrected chi connectivity index (χ1v) is 5.97. The third-order valence-corrected chi connectivity index (χ3v) is 2.87. The summed E-state index contributed by atoms with van der Waals surface area (Å²) in [7, 11) is 0. The molecule has 1 rings (SSSR count). The van der Waals surface area contributed by atoms with Crippen LogP contribution in [0.4, 0.5) is 11.4 Å². The third kappa shape index (κ3) is 3.98. The van der Waals surface area contributed by atoms with Crippen LogP contribution in [-0.2, 0) is 0 Å². The lowest BCUT2D eigenvalue weighted by atomic mass is 10.1. The van der Waals surface area contributed by atoms with Gasteiger partial charge in [-0.2, -0.15) is 0 Å². The molecule has 0 unspecified atom stereocenters. The second-order valence-electron chi connectivity index (χ2n) is 4.72. The van der Waals surface area contributed by atoms with Crippen molar-refractivity contribution in [1.29, 1.82) is 0 Å². The maximum absolute atomic E-state index is 10.7. The number of hydrogen-bond acceptors (Lipinski definition) is 4. The molecule has 0 aliphatic carbocycles. The van der Waals surface area contributed by atoms with E-state index < -0.39 is 4.92 Å². The van der Waals surface area contributed by atoms with Gasteiger partial charge in [0.15, 0.2) is 0 Å². The molecular formula is C11H16BrN3O2. The van der Waals surface area contributed by atoms with E-state index in [1.807, 2.05) is 13.8 Å². The van der Waals surface area contributed by atoms with E-state index >= 15 is 0 Å². The van der Waals surface area contributed by atoms with Crippen LogP contribution in [0.15, 0.2) is 16.6 Å². The molecule has 17 heavy (non-hydrogen) atoms. The van der Waals surface area contributed by atoms with Crippen LogP contribution in [0.25, 0.3) is 0 Å². The highest BCUT2D eigenvalue weighted by Gasteiger charge is 2.16. The van der Waals surface area contributed by atoms with Gasteiger partial charge >= 0.3 is 0 Å². The van der Waals surface area contributed by atoms with Crippen molar-refractivity contribution in [2.24, 2.45) is 5.73 Å². The van der Waals surface area contributed by atoms with Gasteiger partial charge in [-0.05, 0) is 42.8 Å². The summed E-state index contributed by atoms with van der Waals surface area (Å²) in [5.74, 6) is 0. The quantitative estimate of drug-likeness (QED) is 0.662. The number of nitro benzene ring substituents is 1. The largest absolute Gasteiger partial charge is 0.382 e. The Labute approximate surface area is 109 Å². The molecule has 0 aliphatic heterocycles. The van der Waals surface area contributed by atoms with E-state index in [1.54, 1.807) is 13.0 Å². The Morgan fingerprint density at radius 1 is 1.53 bits per heavy atom. The monoisotopic (exact) mass is 301 g/mol. The summed E-state index contributed by atoms with van der Waals surface area (Å²) in [6.45, 7) is 6.12. The first-order valence-electron chi connectivity index (χ1n) is 5.18. The highest BCUT2D eigenvalue weighted by molar-refractivity contribution is 9.10. The van der Waals surface area contributed by atoms with Crippen LogP contribution in [0.2, 0.25) is 0 Å². The third-order valence-electron chi connectivity index (χ3n) is 2.22. The molecule has 0 spiro atoms. The molecule has 0 aliphatic rings. The smallest absolute Gasteiger partial charge is 0.273 e. The van der Waals surface area contributed by atoms with Gasteiger partial charge in [0.25, 0.3) is 5.69 Å². The topological polar surface area (TPSA) is 81.2 Å². The van der Waals surface area contributed by atoms with Gasteiger partial charge in [-0.1, -0.05) is 0 Å². The Bertz CT molecular complexity index is 441. The fourth-order valence-corrected chi connectivity index (χ4v) is 1.80. The second kappa shape index (κ2) is 5.01. The molecule has 6 heteroatoms. The summed E-state index contributed by atoms with van der Waals surface area (Å²) in [4.78, 5) is 10.4. The van der Waals surface area contributed by atoms with Crippen molar-refractivity contribution in [3.63, 3.8) is 0 Å². The zero-order valence-electron chi connectivity index (χ0n) is 10.1. The Morgan fingerprint density at radius 3 is 2.59 bits per heavy atom. The first kappa shape index (κ1) is 13.9. The number of nitrogens with one attached hydrogen (secondary N) is 1. The van der Waals surface area contributed by atoms with E-state index in [-0.39, 0.29) is 11.2 Å². The van der Waals surface area contributed by atoms with Gasteiger partial charge in [0, 0.05) is 33.9 Å². The van der Waals surface area contributed by atoms with Gasteiger partial charge in [-0.15, -0.1) is 0 Å². The molecule has 0 aromatic heterocycles. The summed E-state index contributed by atoms with van der Waals surface area (Å²) in [5.41, 5.74) is 7.06. The van der Waals surface area contributed by atoms with Crippen LogP contribution in [0, 0.1) is 17.0 Å². The number of rotatable bonds is 4. The molecule has 3 N–H and O–H groups in total. The van der Waals surface area contributed by atoms with Gasteiger partial charge in [0.2, 0.25) is 0 Å². The molecule has 0 radical (unpaired) electrons. The van der Waals surface area contributed by atoms with Crippen molar-refractivity contribution in [3.8, 4) is 0 Å². The fraction of sp³-hybridized carbons (Fsp3) is 0.455. The van der Waals surface area contributed by atoms with Crippen molar-refractivity contribution in [3.05, 3.63) is 32.3 Å². The highest BCUT2D eigenvalue weighted by Crippen LogP contribution is 2.30. The highest BCUT2D eigenvalue weighted by atomic mass is 79.9. The average Bonchev–Trinajstić information content (AvgIpc) is 2.17. The van der Waals surface area contributed by atoms with Gasteiger partial charge in [-0.3, -0.25) is 10.1 Å². The van der Waals surface area contributed by atoms with Crippen molar-refractivity contribution in [2.45, 2.75) is 26.3 Å². The Balaban J connectivity index is 2.96. The van der Waals surface area contributed by atoms with Crippen LogP contribution in [0.5, 0.6) is 0 Å². The van der Waals surface area contributed by atoms with E-state index in [1.165, 1.54) is 6.07 Å². The van der Waals surface area contributed by atoms with Gasteiger partial charge in [0.05, 0.1) is 4.92 Å². The zero-order valence-corrected chi connectivity index (χ0v) is 11.7. The van der Waals surface area contributed by atoms with E-state index in [2.05, 4.69) is 21.2 Å². The SMILES string of the molecule is Cc1cc(NCC(C)(C)N)c(Br)cc1[N+](=O)[O-]. The predicted octanol–water partition coefficient (Wildman–Crippen LogP) is 2.81. The molecule has 1 aromatic carbocycles. The number of anilines is 1. The maximum Gasteiger partial charge on any atom is 0.273 e. The average molecular weight is 302 g/mol. The molecule has 0 heterocycles. The minimum Gasteiger partial charge on any atom is -0.382 e. The van der Waals surface area contributed by atoms with Crippen LogP contribution in [0.3, 0.4) is 0 Å². The van der Waals surface area contributed by atoms with Gasteiger partial charge in [0.1, 0.15) is 0 Å². The van der Waals surface area contributed by atoms with Crippen molar-refractivity contribution < 1.29 is 4.92 Å². The predicted molar refractivity (Wildman–Crippen MR) is 72.3 cm³/mol. The van der Waals surface area contributed by atoms with Crippen LogP contribution in [-0.4, -0.2) is 17.0 Å². The molecule has 94 valence electrons. The summed E-state index contributed by atoms with van der Waals surface area (Å²) in [6.07, 6.45) is 0. The summed E-state index contributed by atoms with van der Waals surface area (Å²) >= 11 is 3.31. The Morgan fingerprint density at radius 2 is 2.12 bits per heavy atom.